The van der Waals surface area contributed by atoms with Gasteiger partial charge in [-0.15, -0.1) is 0 Å². The second-order valence-electron chi connectivity index (χ2n) is 8.32. The first-order chi connectivity index (χ1) is 15.3. The lowest BCUT2D eigenvalue weighted by Crippen LogP contribution is -2.17. The van der Waals surface area contributed by atoms with E-state index in [2.05, 4.69) is 20.4 Å². The average molecular weight is 457 g/mol. The smallest absolute Gasteiger partial charge is 0.306 e. The van der Waals surface area contributed by atoms with Crippen LogP contribution in [-0.4, -0.2) is 38.3 Å². The molecule has 0 unspecified atom stereocenters. The third-order valence-electron chi connectivity index (χ3n) is 5.45. The van der Waals surface area contributed by atoms with Crippen molar-refractivity contribution in [3.05, 3.63) is 41.0 Å². The molecule has 0 bridgehead atoms. The van der Waals surface area contributed by atoms with Crippen molar-refractivity contribution >= 4 is 23.3 Å². The largest absolute Gasteiger partial charge is 0.481 e. The topological polar surface area (TPSA) is 110 Å². The number of pyridine rings is 1. The Kier molecular flexibility index (Phi) is 6.32. The standard InChI is InChI=1S/C23H25ClN4O4/c1-12(2)31-22-19(24)10-15(11-25-22)21-27-20(28-32-21)18-7-6-16(8-13(18)3)26-17-5-4-14(9-17)23(29)30/h6-8,10-12,14,17,26H,4-5,9H2,1-3H3,(H,29,30)/t14-,17+/m1/s1. The molecule has 3 aromatic rings. The Morgan fingerprint density at radius 1 is 1.31 bits per heavy atom. The third kappa shape index (κ3) is 4.85. The van der Waals surface area contributed by atoms with Gasteiger partial charge >= 0.3 is 5.97 Å². The number of aliphatic carboxylic acids is 1. The van der Waals surface area contributed by atoms with Crippen LogP contribution >= 0.6 is 11.6 Å². The van der Waals surface area contributed by atoms with Gasteiger partial charge in [0.2, 0.25) is 11.7 Å². The molecule has 1 saturated carbocycles. The van der Waals surface area contributed by atoms with E-state index in [9.17, 15) is 9.90 Å². The SMILES string of the molecule is Cc1cc(N[C@H]2CC[C@@H](C(=O)O)C2)ccc1-c1noc(-c2cnc(OC(C)C)c(Cl)c2)n1. The van der Waals surface area contributed by atoms with Crippen molar-refractivity contribution in [3.63, 3.8) is 0 Å². The molecule has 2 heterocycles. The monoisotopic (exact) mass is 456 g/mol. The zero-order chi connectivity index (χ0) is 22.8. The van der Waals surface area contributed by atoms with Gasteiger partial charge in [0.1, 0.15) is 5.02 Å². The van der Waals surface area contributed by atoms with E-state index in [1.54, 1.807) is 12.3 Å². The highest BCUT2D eigenvalue weighted by molar-refractivity contribution is 6.32. The molecule has 1 fully saturated rings. The van der Waals surface area contributed by atoms with Gasteiger partial charge in [-0.1, -0.05) is 16.8 Å². The molecule has 9 heteroatoms. The van der Waals surface area contributed by atoms with Crippen LogP contribution in [0.25, 0.3) is 22.8 Å². The van der Waals surface area contributed by atoms with Crippen molar-refractivity contribution in [2.24, 2.45) is 5.92 Å². The van der Waals surface area contributed by atoms with Crippen LogP contribution in [0.5, 0.6) is 5.88 Å². The molecular formula is C23H25ClN4O4. The Morgan fingerprint density at radius 3 is 2.78 bits per heavy atom. The van der Waals surface area contributed by atoms with E-state index >= 15 is 0 Å². The van der Waals surface area contributed by atoms with Crippen LogP contribution in [0.3, 0.4) is 0 Å². The Bertz CT molecular complexity index is 1130. The first-order valence-electron chi connectivity index (χ1n) is 10.6. The Labute approximate surface area is 191 Å². The number of carboxylic acids is 1. The summed E-state index contributed by atoms with van der Waals surface area (Å²) in [5.41, 5.74) is 3.38. The van der Waals surface area contributed by atoms with E-state index in [4.69, 9.17) is 20.9 Å². The van der Waals surface area contributed by atoms with E-state index in [-0.39, 0.29) is 18.1 Å². The molecule has 0 radical (unpaired) electrons. The number of hydrogen-bond donors (Lipinski definition) is 2. The summed E-state index contributed by atoms with van der Waals surface area (Å²) < 4.78 is 11.0. The average Bonchev–Trinajstić information content (AvgIpc) is 3.39. The number of carboxylic acid groups (broad SMARTS) is 1. The fourth-order valence-electron chi connectivity index (χ4n) is 3.88. The van der Waals surface area contributed by atoms with Crippen molar-refractivity contribution in [3.8, 4) is 28.7 Å². The predicted molar refractivity (Wildman–Crippen MR) is 121 cm³/mol. The van der Waals surface area contributed by atoms with Crippen LogP contribution in [0.2, 0.25) is 5.02 Å². The maximum absolute atomic E-state index is 11.2. The molecule has 4 rings (SSSR count). The number of aryl methyl sites for hydroxylation is 1. The molecule has 1 aliphatic carbocycles. The second kappa shape index (κ2) is 9.16. The van der Waals surface area contributed by atoms with Crippen LogP contribution in [0.4, 0.5) is 5.69 Å². The number of carbonyl (C=O) groups is 1. The van der Waals surface area contributed by atoms with E-state index < -0.39 is 5.97 Å². The molecule has 2 N–H and O–H groups in total. The molecule has 1 aliphatic rings. The lowest BCUT2D eigenvalue weighted by Gasteiger charge is -2.15. The molecule has 2 atom stereocenters. The van der Waals surface area contributed by atoms with Gasteiger partial charge in [0.15, 0.2) is 0 Å². The summed E-state index contributed by atoms with van der Waals surface area (Å²) in [7, 11) is 0. The molecule has 168 valence electrons. The number of hydrogen-bond acceptors (Lipinski definition) is 7. The quantitative estimate of drug-likeness (QED) is 0.498. The summed E-state index contributed by atoms with van der Waals surface area (Å²) in [5.74, 6) is 0.167. The van der Waals surface area contributed by atoms with Crippen LogP contribution in [0.15, 0.2) is 35.0 Å². The van der Waals surface area contributed by atoms with E-state index in [0.29, 0.717) is 41.0 Å². The number of halogens is 1. The molecule has 2 aromatic heterocycles. The highest BCUT2D eigenvalue weighted by Crippen LogP contribution is 2.32. The van der Waals surface area contributed by atoms with E-state index in [1.807, 2.05) is 39.0 Å². The van der Waals surface area contributed by atoms with Gasteiger partial charge in [-0.2, -0.15) is 4.98 Å². The summed E-state index contributed by atoms with van der Waals surface area (Å²) in [6.45, 7) is 5.78. The Morgan fingerprint density at radius 2 is 2.12 bits per heavy atom. The highest BCUT2D eigenvalue weighted by atomic mass is 35.5. The van der Waals surface area contributed by atoms with E-state index in [0.717, 1.165) is 23.2 Å². The summed E-state index contributed by atoms with van der Waals surface area (Å²) in [4.78, 5) is 19.9. The summed E-state index contributed by atoms with van der Waals surface area (Å²) in [5, 5.41) is 17.1. The number of ether oxygens (including phenoxy) is 1. The molecule has 0 aliphatic heterocycles. The number of nitrogens with one attached hydrogen (secondary N) is 1. The first kappa shape index (κ1) is 22.1. The first-order valence-corrected chi connectivity index (χ1v) is 10.9. The van der Waals surface area contributed by atoms with E-state index in [1.165, 1.54) is 0 Å². The fraction of sp³-hybridized carbons (Fsp3) is 0.391. The Balaban J connectivity index is 1.48. The molecular weight excluding hydrogens is 432 g/mol. The van der Waals surface area contributed by atoms with Gasteiger partial charge in [0.05, 0.1) is 17.6 Å². The number of nitrogens with zero attached hydrogens (tertiary/aromatic N) is 3. The summed E-state index contributed by atoms with van der Waals surface area (Å²) in [6.07, 6.45) is 3.76. The van der Waals surface area contributed by atoms with Crippen LogP contribution in [0, 0.1) is 12.8 Å². The van der Waals surface area contributed by atoms with Crippen LogP contribution < -0.4 is 10.1 Å². The lowest BCUT2D eigenvalue weighted by molar-refractivity contribution is -0.141. The van der Waals surface area contributed by atoms with Gasteiger partial charge in [-0.05, 0) is 69.9 Å². The zero-order valence-corrected chi connectivity index (χ0v) is 18.9. The van der Waals surface area contributed by atoms with Crippen molar-refractivity contribution < 1.29 is 19.2 Å². The van der Waals surface area contributed by atoms with Crippen molar-refractivity contribution in [1.29, 1.82) is 0 Å². The van der Waals surface area contributed by atoms with Gasteiger partial charge in [0, 0.05) is 23.5 Å². The van der Waals surface area contributed by atoms with Gasteiger partial charge in [0.25, 0.3) is 5.89 Å². The number of rotatable bonds is 7. The number of anilines is 1. The zero-order valence-electron chi connectivity index (χ0n) is 18.1. The maximum atomic E-state index is 11.2. The molecule has 0 spiro atoms. The fourth-order valence-corrected chi connectivity index (χ4v) is 4.09. The minimum absolute atomic E-state index is 0.0337. The van der Waals surface area contributed by atoms with Gasteiger partial charge < -0.3 is 19.7 Å². The molecule has 1 aromatic carbocycles. The van der Waals surface area contributed by atoms with Crippen LogP contribution in [0.1, 0.15) is 38.7 Å². The van der Waals surface area contributed by atoms with Gasteiger partial charge in [-0.25, -0.2) is 4.98 Å². The number of benzene rings is 1. The molecule has 32 heavy (non-hydrogen) atoms. The Hall–Kier alpha value is -3.13. The maximum Gasteiger partial charge on any atom is 0.306 e. The lowest BCUT2D eigenvalue weighted by atomic mass is 10.1. The summed E-state index contributed by atoms with van der Waals surface area (Å²) in [6, 6.07) is 7.74. The minimum atomic E-state index is -0.715. The van der Waals surface area contributed by atoms with Crippen molar-refractivity contribution in [2.45, 2.75) is 52.2 Å². The second-order valence-corrected chi connectivity index (χ2v) is 8.73. The number of aromatic nitrogens is 3. The highest BCUT2D eigenvalue weighted by Gasteiger charge is 2.29. The van der Waals surface area contributed by atoms with Crippen molar-refractivity contribution in [2.75, 3.05) is 5.32 Å². The third-order valence-corrected chi connectivity index (χ3v) is 5.72. The predicted octanol–water partition coefficient (Wildman–Crippen LogP) is 5.21. The summed E-state index contributed by atoms with van der Waals surface area (Å²) >= 11 is 6.27. The van der Waals surface area contributed by atoms with Gasteiger partial charge in [-0.3, -0.25) is 4.79 Å². The minimum Gasteiger partial charge on any atom is -0.481 e. The normalized spacial score (nSPS) is 18.2. The molecule has 0 saturated heterocycles. The molecule has 0 amide bonds. The molecule has 8 nitrogen and oxygen atoms in total. The van der Waals surface area contributed by atoms with Crippen molar-refractivity contribution in [1.82, 2.24) is 15.1 Å². The van der Waals surface area contributed by atoms with Crippen LogP contribution in [-0.2, 0) is 4.79 Å².